The Bertz CT molecular complexity index is 1170. The van der Waals surface area contributed by atoms with Gasteiger partial charge < -0.3 is 5.32 Å². The monoisotopic (exact) mass is 325 g/mol. The molecule has 0 aliphatic carbocycles. The lowest BCUT2D eigenvalue weighted by Gasteiger charge is -2.09. The van der Waals surface area contributed by atoms with Crippen molar-refractivity contribution in [3.8, 4) is 0 Å². The van der Waals surface area contributed by atoms with Crippen LogP contribution in [0, 0.1) is 0 Å². The topological polar surface area (TPSA) is 12.0 Å². The summed E-state index contributed by atoms with van der Waals surface area (Å²) in [5.41, 5.74) is 2.28. The summed E-state index contributed by atoms with van der Waals surface area (Å²) in [5.74, 6) is 0. The lowest BCUT2D eigenvalue weighted by atomic mass is 10.0. The normalized spacial score (nSPS) is 11.3. The van der Waals surface area contributed by atoms with Gasteiger partial charge >= 0.3 is 0 Å². The molecule has 0 bridgehead atoms. The van der Waals surface area contributed by atoms with E-state index in [1.54, 1.807) is 0 Å². The van der Waals surface area contributed by atoms with Crippen molar-refractivity contribution >= 4 is 53.7 Å². The minimum absolute atomic E-state index is 1.12. The first kappa shape index (κ1) is 13.6. The smallest absolute Gasteiger partial charge is 0.0479 e. The largest absolute Gasteiger partial charge is 0.355 e. The highest BCUT2D eigenvalue weighted by atomic mass is 32.1. The summed E-state index contributed by atoms with van der Waals surface area (Å²) in [6.07, 6.45) is 0. The molecule has 114 valence electrons. The fourth-order valence-electron chi connectivity index (χ4n) is 3.37. The fraction of sp³-hybridized carbons (Fsp3) is 0. The summed E-state index contributed by atoms with van der Waals surface area (Å²) in [6.45, 7) is 0. The Labute approximate surface area is 144 Å². The molecule has 0 fully saturated rings. The van der Waals surface area contributed by atoms with Gasteiger partial charge in [0.05, 0.1) is 0 Å². The molecule has 0 radical (unpaired) electrons. The van der Waals surface area contributed by atoms with Gasteiger partial charge in [-0.1, -0.05) is 54.6 Å². The van der Waals surface area contributed by atoms with Gasteiger partial charge in [-0.05, 0) is 41.1 Å². The molecule has 0 atom stereocenters. The van der Waals surface area contributed by atoms with Crippen LogP contribution in [-0.4, -0.2) is 0 Å². The first-order valence-electron chi connectivity index (χ1n) is 8.05. The zero-order valence-electron chi connectivity index (χ0n) is 13.0. The maximum atomic E-state index is 3.60. The lowest BCUT2D eigenvalue weighted by molar-refractivity contribution is 1.59. The minimum atomic E-state index is 1.12. The Morgan fingerprint density at radius 3 is 2.29 bits per heavy atom. The molecule has 0 aliphatic rings. The number of thiophene rings is 1. The molecule has 2 heteroatoms. The van der Waals surface area contributed by atoms with Gasteiger partial charge in [-0.3, -0.25) is 0 Å². The summed E-state index contributed by atoms with van der Waals surface area (Å²) < 4.78 is 2.66. The molecule has 0 aliphatic heterocycles. The van der Waals surface area contributed by atoms with Gasteiger partial charge in [-0.15, -0.1) is 11.3 Å². The summed E-state index contributed by atoms with van der Waals surface area (Å²) in [6, 6.07) is 30.0. The lowest BCUT2D eigenvalue weighted by Crippen LogP contribution is -1.90. The van der Waals surface area contributed by atoms with Crippen molar-refractivity contribution in [2.45, 2.75) is 0 Å². The molecule has 1 aromatic heterocycles. The van der Waals surface area contributed by atoms with Crippen LogP contribution in [0.25, 0.3) is 30.9 Å². The SMILES string of the molecule is c1ccc(Nc2cccc3sc4ccc5ccccc5c4c23)cc1. The number of hydrogen-bond donors (Lipinski definition) is 1. The van der Waals surface area contributed by atoms with E-state index in [9.17, 15) is 0 Å². The Balaban J connectivity index is 1.86. The van der Waals surface area contributed by atoms with Crippen molar-refractivity contribution < 1.29 is 0 Å². The van der Waals surface area contributed by atoms with Crippen molar-refractivity contribution in [1.82, 2.24) is 0 Å². The van der Waals surface area contributed by atoms with Crippen molar-refractivity contribution in [1.29, 1.82) is 0 Å². The molecule has 0 amide bonds. The van der Waals surface area contributed by atoms with E-state index in [0.717, 1.165) is 5.69 Å². The number of nitrogens with one attached hydrogen (secondary N) is 1. The molecular weight excluding hydrogens is 310 g/mol. The molecule has 0 saturated carbocycles. The second-order valence-corrected chi connectivity index (χ2v) is 7.02. The summed E-state index contributed by atoms with van der Waals surface area (Å²) >= 11 is 1.86. The Hall–Kier alpha value is -2.84. The maximum absolute atomic E-state index is 3.60. The summed E-state index contributed by atoms with van der Waals surface area (Å²) in [4.78, 5) is 0. The predicted octanol–water partition coefficient (Wildman–Crippen LogP) is 6.95. The summed E-state index contributed by atoms with van der Waals surface area (Å²) in [7, 11) is 0. The second kappa shape index (κ2) is 5.36. The summed E-state index contributed by atoms with van der Waals surface area (Å²) in [5, 5.41) is 8.88. The first-order valence-corrected chi connectivity index (χ1v) is 8.87. The molecule has 24 heavy (non-hydrogen) atoms. The predicted molar refractivity (Wildman–Crippen MR) is 107 cm³/mol. The standard InChI is InChI=1S/C22H15NS/c1-2-8-16(9-3-1)23-18-11-6-12-19-22(18)21-17-10-5-4-7-15(17)13-14-20(21)24-19/h1-14,23H. The molecule has 1 nitrogen and oxygen atoms in total. The van der Waals surface area contributed by atoms with Crippen LogP contribution in [0.4, 0.5) is 11.4 Å². The van der Waals surface area contributed by atoms with Crippen molar-refractivity contribution in [3.63, 3.8) is 0 Å². The number of anilines is 2. The fourth-order valence-corrected chi connectivity index (χ4v) is 4.52. The van der Waals surface area contributed by atoms with E-state index in [1.165, 1.54) is 36.6 Å². The minimum Gasteiger partial charge on any atom is -0.355 e. The zero-order valence-corrected chi connectivity index (χ0v) is 13.8. The van der Waals surface area contributed by atoms with Gasteiger partial charge in [0, 0.05) is 31.5 Å². The van der Waals surface area contributed by atoms with E-state index in [-0.39, 0.29) is 0 Å². The second-order valence-electron chi connectivity index (χ2n) is 5.93. The third-order valence-electron chi connectivity index (χ3n) is 4.44. The van der Waals surface area contributed by atoms with E-state index in [2.05, 4.69) is 84.2 Å². The molecule has 0 unspecified atom stereocenters. The number of rotatable bonds is 2. The molecule has 0 saturated heterocycles. The Morgan fingerprint density at radius 2 is 1.38 bits per heavy atom. The highest BCUT2D eigenvalue weighted by Crippen LogP contribution is 2.42. The highest BCUT2D eigenvalue weighted by Gasteiger charge is 2.12. The molecule has 4 aromatic carbocycles. The van der Waals surface area contributed by atoms with E-state index >= 15 is 0 Å². The van der Waals surface area contributed by atoms with Crippen molar-refractivity contribution in [2.24, 2.45) is 0 Å². The van der Waals surface area contributed by atoms with Crippen LogP contribution < -0.4 is 5.32 Å². The van der Waals surface area contributed by atoms with E-state index in [0.29, 0.717) is 0 Å². The van der Waals surface area contributed by atoms with Crippen LogP contribution in [0.1, 0.15) is 0 Å². The Kier molecular flexibility index (Phi) is 3.03. The average Bonchev–Trinajstić information content (AvgIpc) is 3.03. The molecule has 5 aromatic rings. The van der Waals surface area contributed by atoms with Gasteiger partial charge in [-0.25, -0.2) is 0 Å². The third kappa shape index (κ3) is 2.08. The average molecular weight is 325 g/mol. The number of benzene rings is 4. The quantitative estimate of drug-likeness (QED) is 0.370. The number of fused-ring (bicyclic) bond motifs is 5. The first-order chi connectivity index (χ1) is 11.9. The highest BCUT2D eigenvalue weighted by molar-refractivity contribution is 7.26. The van der Waals surface area contributed by atoms with Gasteiger partial charge in [0.2, 0.25) is 0 Å². The number of hydrogen-bond acceptors (Lipinski definition) is 2. The van der Waals surface area contributed by atoms with Crippen molar-refractivity contribution in [3.05, 3.63) is 84.9 Å². The van der Waals surface area contributed by atoms with Crippen LogP contribution in [0.2, 0.25) is 0 Å². The van der Waals surface area contributed by atoms with Crippen LogP contribution in [0.3, 0.4) is 0 Å². The van der Waals surface area contributed by atoms with Crippen LogP contribution >= 0.6 is 11.3 Å². The Morgan fingerprint density at radius 1 is 0.583 bits per heavy atom. The third-order valence-corrected chi connectivity index (χ3v) is 5.56. The molecular formula is C22H15NS. The molecule has 5 rings (SSSR count). The zero-order chi connectivity index (χ0) is 15.9. The molecule has 0 spiro atoms. The van der Waals surface area contributed by atoms with Gasteiger partial charge in [0.15, 0.2) is 0 Å². The van der Waals surface area contributed by atoms with Gasteiger partial charge in [0.1, 0.15) is 0 Å². The molecule has 1 N–H and O–H groups in total. The van der Waals surface area contributed by atoms with Gasteiger partial charge in [0.25, 0.3) is 0 Å². The van der Waals surface area contributed by atoms with E-state index in [1.807, 2.05) is 17.4 Å². The number of para-hydroxylation sites is 1. The van der Waals surface area contributed by atoms with Crippen LogP contribution in [0.15, 0.2) is 84.9 Å². The van der Waals surface area contributed by atoms with Crippen LogP contribution in [0.5, 0.6) is 0 Å². The molecule has 1 heterocycles. The van der Waals surface area contributed by atoms with Gasteiger partial charge in [-0.2, -0.15) is 0 Å². The van der Waals surface area contributed by atoms with Crippen LogP contribution in [-0.2, 0) is 0 Å². The van der Waals surface area contributed by atoms with E-state index < -0.39 is 0 Å². The van der Waals surface area contributed by atoms with Crippen molar-refractivity contribution in [2.75, 3.05) is 5.32 Å². The van der Waals surface area contributed by atoms with E-state index in [4.69, 9.17) is 0 Å². The maximum Gasteiger partial charge on any atom is 0.0479 e.